The summed E-state index contributed by atoms with van der Waals surface area (Å²) >= 11 is 0. The molecule has 2 nitrogen and oxygen atoms in total. The van der Waals surface area contributed by atoms with Crippen molar-refractivity contribution in [3.63, 3.8) is 0 Å². The zero-order chi connectivity index (χ0) is 11.3. The summed E-state index contributed by atoms with van der Waals surface area (Å²) in [6.07, 6.45) is 1.82. The Morgan fingerprint density at radius 1 is 1.47 bits per heavy atom. The van der Waals surface area contributed by atoms with Crippen LogP contribution in [0.5, 0.6) is 0 Å². The minimum absolute atomic E-state index is 0.397. The molecule has 1 aromatic rings. The second-order valence-corrected chi connectivity index (χ2v) is 3.71. The van der Waals surface area contributed by atoms with Crippen molar-refractivity contribution in [3.05, 3.63) is 42.6 Å². The van der Waals surface area contributed by atoms with E-state index in [2.05, 4.69) is 31.7 Å². The summed E-state index contributed by atoms with van der Waals surface area (Å²) in [5, 5.41) is 0. The van der Waals surface area contributed by atoms with Gasteiger partial charge in [-0.3, -0.25) is 0 Å². The number of rotatable bonds is 5. The highest BCUT2D eigenvalue weighted by molar-refractivity contribution is 5.56. The zero-order valence-corrected chi connectivity index (χ0v) is 9.73. The van der Waals surface area contributed by atoms with Gasteiger partial charge in [0.1, 0.15) is 0 Å². The van der Waals surface area contributed by atoms with Gasteiger partial charge in [-0.2, -0.15) is 0 Å². The summed E-state index contributed by atoms with van der Waals surface area (Å²) < 4.78 is 5.18. The standard InChI is InChI=1S/C13H19NO/c1-5-14(3)13-9-7-6-8-12(13)11(2)10-15-4/h5-9,11H,1,10H2,2-4H3. The Hall–Kier alpha value is -1.28. The lowest BCUT2D eigenvalue weighted by Crippen LogP contribution is -2.12. The number of ether oxygens (including phenoxy) is 1. The van der Waals surface area contributed by atoms with E-state index in [1.54, 1.807) is 7.11 Å². The molecule has 0 heterocycles. The van der Waals surface area contributed by atoms with Crippen molar-refractivity contribution in [1.29, 1.82) is 0 Å². The Kier molecular flexibility index (Phi) is 4.37. The molecule has 15 heavy (non-hydrogen) atoms. The Morgan fingerprint density at radius 3 is 2.73 bits per heavy atom. The van der Waals surface area contributed by atoms with Crippen LogP contribution in [0.1, 0.15) is 18.4 Å². The zero-order valence-electron chi connectivity index (χ0n) is 9.73. The van der Waals surface area contributed by atoms with Crippen LogP contribution in [0, 0.1) is 0 Å². The van der Waals surface area contributed by atoms with Crippen LogP contribution in [-0.2, 0) is 4.74 Å². The molecule has 1 atom stereocenters. The van der Waals surface area contributed by atoms with Gasteiger partial charge in [-0.25, -0.2) is 0 Å². The molecule has 0 saturated heterocycles. The first-order valence-corrected chi connectivity index (χ1v) is 5.14. The third-order valence-corrected chi connectivity index (χ3v) is 2.54. The second-order valence-electron chi connectivity index (χ2n) is 3.71. The average molecular weight is 205 g/mol. The molecule has 0 aromatic heterocycles. The van der Waals surface area contributed by atoms with Crippen molar-refractivity contribution in [2.75, 3.05) is 25.7 Å². The first-order valence-electron chi connectivity index (χ1n) is 5.14. The van der Waals surface area contributed by atoms with Gasteiger partial charge in [0.15, 0.2) is 0 Å². The van der Waals surface area contributed by atoms with Gasteiger partial charge in [0, 0.05) is 25.8 Å². The van der Waals surface area contributed by atoms with Crippen LogP contribution in [0.2, 0.25) is 0 Å². The van der Waals surface area contributed by atoms with Crippen LogP contribution in [-0.4, -0.2) is 20.8 Å². The van der Waals surface area contributed by atoms with E-state index < -0.39 is 0 Å². The Bertz CT molecular complexity index is 322. The summed E-state index contributed by atoms with van der Waals surface area (Å²) in [4.78, 5) is 2.03. The van der Waals surface area contributed by atoms with Gasteiger partial charge in [0.2, 0.25) is 0 Å². The summed E-state index contributed by atoms with van der Waals surface area (Å²) in [5.41, 5.74) is 2.49. The van der Waals surface area contributed by atoms with E-state index in [0.29, 0.717) is 5.92 Å². The maximum absolute atomic E-state index is 5.18. The summed E-state index contributed by atoms with van der Waals surface area (Å²) in [6.45, 7) is 6.68. The molecule has 1 unspecified atom stereocenters. The third-order valence-electron chi connectivity index (χ3n) is 2.54. The predicted molar refractivity (Wildman–Crippen MR) is 65.3 cm³/mol. The molecule has 0 aliphatic heterocycles. The molecule has 0 aliphatic rings. The van der Waals surface area contributed by atoms with Gasteiger partial charge < -0.3 is 9.64 Å². The fourth-order valence-electron chi connectivity index (χ4n) is 1.66. The van der Waals surface area contributed by atoms with Crippen molar-refractivity contribution in [2.24, 2.45) is 0 Å². The maximum Gasteiger partial charge on any atom is 0.0529 e. The second kappa shape index (κ2) is 5.56. The molecule has 0 spiro atoms. The molecule has 0 bridgehead atoms. The lowest BCUT2D eigenvalue weighted by molar-refractivity contribution is 0.184. The quantitative estimate of drug-likeness (QED) is 0.732. The smallest absolute Gasteiger partial charge is 0.0529 e. The summed E-state index contributed by atoms with van der Waals surface area (Å²) in [6, 6.07) is 8.34. The van der Waals surface area contributed by atoms with Crippen LogP contribution in [0.4, 0.5) is 5.69 Å². The van der Waals surface area contributed by atoms with Gasteiger partial charge in [-0.1, -0.05) is 31.7 Å². The van der Waals surface area contributed by atoms with E-state index in [4.69, 9.17) is 4.74 Å². The molecule has 0 amide bonds. The first kappa shape index (κ1) is 11.8. The molecule has 1 aromatic carbocycles. The molecule has 2 heteroatoms. The first-order chi connectivity index (χ1) is 7.20. The third kappa shape index (κ3) is 2.83. The average Bonchev–Trinajstić information content (AvgIpc) is 2.28. The van der Waals surface area contributed by atoms with Gasteiger partial charge in [0.05, 0.1) is 6.61 Å². The Labute approximate surface area is 92.2 Å². The largest absolute Gasteiger partial charge is 0.384 e. The molecule has 0 saturated carbocycles. The van der Waals surface area contributed by atoms with E-state index >= 15 is 0 Å². The summed E-state index contributed by atoms with van der Waals surface area (Å²) in [5.74, 6) is 0.397. The maximum atomic E-state index is 5.18. The molecular weight excluding hydrogens is 186 g/mol. The highest BCUT2D eigenvalue weighted by atomic mass is 16.5. The minimum Gasteiger partial charge on any atom is -0.384 e. The SMILES string of the molecule is C=CN(C)c1ccccc1C(C)COC. The van der Waals surface area contributed by atoms with Crippen molar-refractivity contribution >= 4 is 5.69 Å². The minimum atomic E-state index is 0.397. The van der Waals surface area contributed by atoms with Crippen molar-refractivity contribution < 1.29 is 4.74 Å². The number of methoxy groups -OCH3 is 1. The van der Waals surface area contributed by atoms with E-state index in [1.165, 1.54) is 11.3 Å². The highest BCUT2D eigenvalue weighted by Crippen LogP contribution is 2.26. The van der Waals surface area contributed by atoms with Crippen molar-refractivity contribution in [3.8, 4) is 0 Å². The number of anilines is 1. The molecule has 82 valence electrons. The Balaban J connectivity index is 3.00. The van der Waals surface area contributed by atoms with Gasteiger partial charge in [-0.05, 0) is 17.8 Å². The topological polar surface area (TPSA) is 12.5 Å². The molecule has 0 aliphatic carbocycles. The van der Waals surface area contributed by atoms with E-state index in [0.717, 1.165) is 6.61 Å². The molecule has 0 N–H and O–H groups in total. The van der Waals surface area contributed by atoms with E-state index in [-0.39, 0.29) is 0 Å². The number of para-hydroxylation sites is 1. The number of benzene rings is 1. The lowest BCUT2D eigenvalue weighted by atomic mass is 9.99. The van der Waals surface area contributed by atoms with Crippen LogP contribution < -0.4 is 4.90 Å². The van der Waals surface area contributed by atoms with Gasteiger partial charge in [-0.15, -0.1) is 0 Å². The van der Waals surface area contributed by atoms with Crippen LogP contribution >= 0.6 is 0 Å². The number of hydrogen-bond acceptors (Lipinski definition) is 2. The summed E-state index contributed by atoms with van der Waals surface area (Å²) in [7, 11) is 3.74. The number of nitrogens with zero attached hydrogens (tertiary/aromatic N) is 1. The van der Waals surface area contributed by atoms with Crippen molar-refractivity contribution in [2.45, 2.75) is 12.8 Å². The predicted octanol–water partition coefficient (Wildman–Crippen LogP) is 3.02. The van der Waals surface area contributed by atoms with Crippen molar-refractivity contribution in [1.82, 2.24) is 0 Å². The molecule has 1 rings (SSSR count). The molecule has 0 fully saturated rings. The normalized spacial score (nSPS) is 12.2. The molecular formula is C13H19NO. The van der Waals surface area contributed by atoms with Gasteiger partial charge in [0.25, 0.3) is 0 Å². The fourth-order valence-corrected chi connectivity index (χ4v) is 1.66. The number of hydrogen-bond donors (Lipinski definition) is 0. The monoisotopic (exact) mass is 205 g/mol. The van der Waals surface area contributed by atoms with Crippen LogP contribution in [0.25, 0.3) is 0 Å². The van der Waals surface area contributed by atoms with E-state index in [1.807, 2.05) is 24.2 Å². The fraction of sp³-hybridized carbons (Fsp3) is 0.385. The highest BCUT2D eigenvalue weighted by Gasteiger charge is 2.11. The van der Waals surface area contributed by atoms with Gasteiger partial charge >= 0.3 is 0 Å². The van der Waals surface area contributed by atoms with E-state index in [9.17, 15) is 0 Å². The molecule has 0 radical (unpaired) electrons. The van der Waals surface area contributed by atoms with Crippen LogP contribution in [0.15, 0.2) is 37.0 Å². The Morgan fingerprint density at radius 2 is 2.13 bits per heavy atom. The lowest BCUT2D eigenvalue weighted by Gasteiger charge is -2.21. The van der Waals surface area contributed by atoms with Crippen LogP contribution in [0.3, 0.4) is 0 Å².